The van der Waals surface area contributed by atoms with Gasteiger partial charge < -0.3 is 26.1 Å². The molecule has 0 heterocycles. The minimum atomic E-state index is -0.364. The van der Waals surface area contributed by atoms with Crippen LogP contribution in [0.25, 0.3) is 0 Å². The van der Waals surface area contributed by atoms with Gasteiger partial charge in [0.25, 0.3) is 5.91 Å². The van der Waals surface area contributed by atoms with Gasteiger partial charge in [-0.2, -0.15) is 0 Å². The second-order valence-electron chi connectivity index (χ2n) is 5.74. The van der Waals surface area contributed by atoms with Gasteiger partial charge in [0.1, 0.15) is 5.76 Å². The van der Waals surface area contributed by atoms with Crippen LogP contribution in [0.2, 0.25) is 0 Å². The summed E-state index contributed by atoms with van der Waals surface area (Å²) in [6, 6.07) is 0.302. The average Bonchev–Trinajstić information content (AvgIpc) is 3.43. The third-order valence-corrected chi connectivity index (χ3v) is 3.80. The van der Waals surface area contributed by atoms with Crippen molar-refractivity contribution < 1.29 is 14.3 Å². The minimum Gasteiger partial charge on any atom is -0.496 e. The molecule has 2 amide bonds. The Balaban J connectivity index is 2.05. The first kappa shape index (κ1) is 18.3. The molecule has 2 aliphatic rings. The largest absolute Gasteiger partial charge is 0.496 e. The average molecular weight is 342 g/mol. The van der Waals surface area contributed by atoms with Gasteiger partial charge in [-0.05, 0) is 38.0 Å². The highest BCUT2D eigenvalue weighted by Crippen LogP contribution is 2.25. The van der Waals surface area contributed by atoms with E-state index < -0.39 is 0 Å². The third-order valence-electron chi connectivity index (χ3n) is 3.80. The van der Waals surface area contributed by atoms with Crippen LogP contribution in [0.5, 0.6) is 0 Å². The summed E-state index contributed by atoms with van der Waals surface area (Å²) in [7, 11) is 1.44. The Hall–Kier alpha value is -3.09. The maximum Gasteiger partial charge on any atom is 0.259 e. The van der Waals surface area contributed by atoms with E-state index in [1.165, 1.54) is 25.5 Å². The maximum atomic E-state index is 12.4. The summed E-state index contributed by atoms with van der Waals surface area (Å²) in [6.07, 6.45) is 12.2. The van der Waals surface area contributed by atoms with Gasteiger partial charge >= 0.3 is 0 Å². The summed E-state index contributed by atoms with van der Waals surface area (Å²) >= 11 is 0. The molecule has 7 nitrogen and oxygen atoms in total. The van der Waals surface area contributed by atoms with Crippen molar-refractivity contribution >= 4 is 18.0 Å². The molecule has 0 aromatic heterocycles. The number of carbonyl (C=O) groups is 2. The van der Waals surface area contributed by atoms with Gasteiger partial charge in [0.05, 0.1) is 18.4 Å². The lowest BCUT2D eigenvalue weighted by Crippen LogP contribution is -2.26. The van der Waals surface area contributed by atoms with Gasteiger partial charge in [-0.1, -0.05) is 0 Å². The van der Waals surface area contributed by atoms with Crippen molar-refractivity contribution in [3.05, 3.63) is 59.3 Å². The Morgan fingerprint density at radius 3 is 2.72 bits per heavy atom. The van der Waals surface area contributed by atoms with Crippen LogP contribution in [0.4, 0.5) is 0 Å². The molecular formula is C18H22N4O3. The third kappa shape index (κ3) is 4.69. The lowest BCUT2D eigenvalue weighted by Gasteiger charge is -2.17. The summed E-state index contributed by atoms with van der Waals surface area (Å²) in [5.74, 6) is -0.0613. The van der Waals surface area contributed by atoms with Gasteiger partial charge in [0.15, 0.2) is 0 Å². The number of methoxy groups -OCH3 is 1. The molecule has 0 aromatic carbocycles. The summed E-state index contributed by atoms with van der Waals surface area (Å²) in [6.45, 7) is 1.74. The van der Waals surface area contributed by atoms with Gasteiger partial charge in [-0.15, -0.1) is 0 Å². The molecule has 0 bridgehead atoms. The van der Waals surface area contributed by atoms with Crippen molar-refractivity contribution in [2.24, 2.45) is 5.73 Å². The van der Waals surface area contributed by atoms with E-state index in [1.807, 2.05) is 0 Å². The minimum absolute atomic E-state index is 0.181. The molecular weight excluding hydrogens is 320 g/mol. The van der Waals surface area contributed by atoms with E-state index in [2.05, 4.69) is 5.32 Å². The fraction of sp³-hybridized carbons (Fsp3) is 0.278. The summed E-state index contributed by atoms with van der Waals surface area (Å²) in [4.78, 5) is 25.0. The van der Waals surface area contributed by atoms with E-state index in [9.17, 15) is 9.59 Å². The predicted molar refractivity (Wildman–Crippen MR) is 95.1 cm³/mol. The van der Waals surface area contributed by atoms with Crippen molar-refractivity contribution in [2.45, 2.75) is 25.8 Å². The van der Waals surface area contributed by atoms with Gasteiger partial charge in [-0.3, -0.25) is 9.59 Å². The first-order valence-electron chi connectivity index (χ1n) is 7.88. The van der Waals surface area contributed by atoms with E-state index in [4.69, 9.17) is 15.9 Å². The number of nitrogens with one attached hydrogen (secondary N) is 2. The molecule has 0 aliphatic heterocycles. The second-order valence-corrected chi connectivity index (χ2v) is 5.74. The predicted octanol–water partition coefficient (Wildman–Crippen LogP) is 1.47. The molecule has 4 N–H and O–H groups in total. The molecule has 0 aromatic rings. The molecule has 0 unspecified atom stereocenters. The van der Waals surface area contributed by atoms with Gasteiger partial charge in [0.2, 0.25) is 6.41 Å². The zero-order chi connectivity index (χ0) is 18.4. The molecule has 2 aliphatic carbocycles. The van der Waals surface area contributed by atoms with Crippen LogP contribution in [-0.2, 0) is 14.3 Å². The van der Waals surface area contributed by atoms with Crippen LogP contribution in [0.15, 0.2) is 59.3 Å². The zero-order valence-electron chi connectivity index (χ0n) is 14.3. The molecule has 1 fully saturated rings. The summed E-state index contributed by atoms with van der Waals surface area (Å²) in [5.41, 5.74) is 7.00. The number of rotatable bonds is 7. The molecule has 0 spiro atoms. The van der Waals surface area contributed by atoms with Crippen LogP contribution in [0.3, 0.4) is 0 Å². The molecule has 0 saturated heterocycles. The van der Waals surface area contributed by atoms with E-state index in [0.29, 0.717) is 28.6 Å². The Morgan fingerprint density at radius 1 is 1.44 bits per heavy atom. The second kappa shape index (κ2) is 8.14. The van der Waals surface area contributed by atoms with Gasteiger partial charge in [0, 0.05) is 35.8 Å². The highest BCUT2D eigenvalue weighted by atomic mass is 16.5. The number of nitrogens with zero attached hydrogens (tertiary/aromatic N) is 1. The molecule has 0 atom stereocenters. The molecule has 0 radical (unpaired) electrons. The lowest BCUT2D eigenvalue weighted by atomic mass is 9.98. The lowest BCUT2D eigenvalue weighted by molar-refractivity contribution is -0.117. The Bertz CT molecular complexity index is 725. The number of hydrogen-bond acceptors (Lipinski definition) is 5. The van der Waals surface area contributed by atoms with E-state index in [0.717, 1.165) is 19.3 Å². The first-order valence-corrected chi connectivity index (χ1v) is 7.88. The molecule has 1 saturated carbocycles. The van der Waals surface area contributed by atoms with Crippen LogP contribution >= 0.6 is 0 Å². The fourth-order valence-corrected chi connectivity index (χ4v) is 2.27. The number of carbonyl (C=O) groups excluding carboxylic acids is 2. The normalized spacial score (nSPS) is 19.5. The quantitative estimate of drug-likeness (QED) is 0.481. The van der Waals surface area contributed by atoms with Crippen molar-refractivity contribution in [2.75, 3.05) is 7.11 Å². The van der Waals surface area contributed by atoms with Gasteiger partial charge in [-0.25, -0.2) is 0 Å². The van der Waals surface area contributed by atoms with Crippen LogP contribution in [-0.4, -0.2) is 36.1 Å². The topological polar surface area (TPSA) is 109 Å². The van der Waals surface area contributed by atoms with Crippen molar-refractivity contribution in [3.8, 4) is 0 Å². The monoisotopic (exact) mass is 342 g/mol. The number of allylic oxidation sites excluding steroid dienone is 6. The fourth-order valence-electron chi connectivity index (χ4n) is 2.27. The van der Waals surface area contributed by atoms with Crippen molar-refractivity contribution in [1.29, 1.82) is 5.41 Å². The van der Waals surface area contributed by atoms with Crippen LogP contribution in [0.1, 0.15) is 19.8 Å². The first-order chi connectivity index (χ1) is 12.0. The van der Waals surface area contributed by atoms with Crippen molar-refractivity contribution in [1.82, 2.24) is 10.2 Å². The van der Waals surface area contributed by atoms with E-state index in [-0.39, 0.29) is 11.6 Å². The molecule has 132 valence electrons. The SMILES string of the molecule is COC1=CC(=N)/C(=C\N)C=C1C(=O)N/C(C)=C/C=C\N(C=O)C1CC1. The van der Waals surface area contributed by atoms with Crippen molar-refractivity contribution in [3.63, 3.8) is 0 Å². The maximum absolute atomic E-state index is 12.4. The summed E-state index contributed by atoms with van der Waals surface area (Å²) in [5, 5.41) is 10.6. The molecule has 2 rings (SSSR count). The number of nitrogens with two attached hydrogens (primary N) is 1. The zero-order valence-corrected chi connectivity index (χ0v) is 14.3. The Kier molecular flexibility index (Phi) is 5.94. The van der Waals surface area contributed by atoms with E-state index >= 15 is 0 Å². The highest BCUT2D eigenvalue weighted by molar-refractivity contribution is 6.14. The Morgan fingerprint density at radius 2 is 2.16 bits per heavy atom. The number of ether oxygens (including phenoxy) is 1. The Labute approximate surface area is 146 Å². The molecule has 7 heteroatoms. The van der Waals surface area contributed by atoms with E-state index in [1.54, 1.807) is 30.2 Å². The summed E-state index contributed by atoms with van der Waals surface area (Å²) < 4.78 is 5.17. The standard InChI is InChI=1S/C18H22N4O3/c1-12(4-3-7-22(11-23)14-5-6-14)21-18(24)15-8-13(10-19)16(20)9-17(15)25-2/h3-4,7-11,14,20H,5-6,19H2,1-2H3,(H,21,24)/b7-3-,12-4+,13-10-,20-16?. The number of amides is 2. The molecule has 25 heavy (non-hydrogen) atoms. The number of hydrogen-bond donors (Lipinski definition) is 3. The van der Waals surface area contributed by atoms with Crippen LogP contribution < -0.4 is 11.1 Å². The smallest absolute Gasteiger partial charge is 0.259 e. The van der Waals surface area contributed by atoms with Crippen LogP contribution in [0, 0.1) is 5.41 Å². The highest BCUT2D eigenvalue weighted by Gasteiger charge is 2.26.